The van der Waals surface area contributed by atoms with Gasteiger partial charge in [0.1, 0.15) is 5.82 Å². The van der Waals surface area contributed by atoms with E-state index in [4.69, 9.17) is 0 Å². The van der Waals surface area contributed by atoms with Gasteiger partial charge in [-0.15, -0.1) is 0 Å². The Kier molecular flexibility index (Phi) is 5.41. The molecule has 0 N–H and O–H groups in total. The molecule has 4 nitrogen and oxygen atoms in total. The van der Waals surface area contributed by atoms with Crippen LogP contribution in [-0.2, 0) is 9.53 Å². The molecule has 0 atom stereocenters. The number of esters is 1. The van der Waals surface area contributed by atoms with Crippen molar-refractivity contribution in [2.24, 2.45) is 0 Å². The number of benzene rings is 1. The summed E-state index contributed by atoms with van der Waals surface area (Å²) in [4.78, 5) is 22.5. The first kappa shape index (κ1) is 15.1. The van der Waals surface area contributed by atoms with Crippen molar-refractivity contribution in [2.45, 2.75) is 19.3 Å². The number of halogens is 2. The molecule has 0 aromatic heterocycles. The molecule has 1 aromatic rings. The van der Waals surface area contributed by atoms with E-state index in [0.29, 0.717) is 0 Å². The third kappa shape index (κ3) is 4.01. The number of hydrogen-bond acceptors (Lipinski definition) is 4. The molecule has 1 aromatic carbocycles. The minimum absolute atomic E-state index is 0.0577. The fourth-order valence-corrected chi connectivity index (χ4v) is 1.53. The standard InChI is InChI=1S/C13H14F2O4/c1-18-12-7-9(14)8(6-10(12)15)11(16)4-3-5-13(17)19-2/h6-7H,3-5H2,1-2H3. The van der Waals surface area contributed by atoms with Gasteiger partial charge in [-0.1, -0.05) is 0 Å². The third-order valence-corrected chi connectivity index (χ3v) is 2.55. The number of methoxy groups -OCH3 is 2. The van der Waals surface area contributed by atoms with Gasteiger partial charge < -0.3 is 9.47 Å². The third-order valence-electron chi connectivity index (χ3n) is 2.55. The Bertz CT molecular complexity index is 486. The monoisotopic (exact) mass is 272 g/mol. The number of carbonyl (C=O) groups excluding carboxylic acids is 2. The van der Waals surface area contributed by atoms with Gasteiger partial charge in [-0.2, -0.15) is 0 Å². The lowest BCUT2D eigenvalue weighted by molar-refractivity contribution is -0.140. The molecule has 6 heteroatoms. The molecule has 0 spiro atoms. The summed E-state index contributed by atoms with van der Waals surface area (Å²) in [6.07, 6.45) is 0.221. The summed E-state index contributed by atoms with van der Waals surface area (Å²) in [5.74, 6) is -2.93. The summed E-state index contributed by atoms with van der Waals surface area (Å²) in [7, 11) is 2.44. The molecule has 0 unspecified atom stereocenters. The maximum atomic E-state index is 13.6. The Morgan fingerprint density at radius 1 is 1.11 bits per heavy atom. The van der Waals surface area contributed by atoms with Crippen molar-refractivity contribution in [1.29, 1.82) is 0 Å². The van der Waals surface area contributed by atoms with Crippen LogP contribution < -0.4 is 4.74 Å². The van der Waals surface area contributed by atoms with Crippen molar-refractivity contribution >= 4 is 11.8 Å². The lowest BCUT2D eigenvalue weighted by Crippen LogP contribution is -2.06. The highest BCUT2D eigenvalue weighted by atomic mass is 19.1. The van der Waals surface area contributed by atoms with Crippen LogP contribution in [0.5, 0.6) is 5.75 Å². The van der Waals surface area contributed by atoms with Gasteiger partial charge in [0.25, 0.3) is 0 Å². The smallest absolute Gasteiger partial charge is 0.305 e. The number of hydrogen-bond donors (Lipinski definition) is 0. The highest BCUT2D eigenvalue weighted by molar-refractivity contribution is 5.96. The molecular weight excluding hydrogens is 258 g/mol. The summed E-state index contributed by atoms with van der Waals surface area (Å²) >= 11 is 0. The number of ketones is 1. The van der Waals surface area contributed by atoms with E-state index in [1.165, 1.54) is 14.2 Å². The quantitative estimate of drug-likeness (QED) is 0.589. The van der Waals surface area contributed by atoms with Gasteiger partial charge in [0.2, 0.25) is 0 Å². The summed E-state index contributed by atoms with van der Waals surface area (Å²) in [5.41, 5.74) is -0.344. The van der Waals surface area contributed by atoms with Gasteiger partial charge >= 0.3 is 5.97 Å². The predicted octanol–water partition coefficient (Wildman–Crippen LogP) is 2.50. The zero-order valence-electron chi connectivity index (χ0n) is 10.7. The second-order valence-corrected chi connectivity index (χ2v) is 3.82. The molecule has 19 heavy (non-hydrogen) atoms. The highest BCUT2D eigenvalue weighted by Gasteiger charge is 2.16. The van der Waals surface area contributed by atoms with Gasteiger partial charge in [0, 0.05) is 18.9 Å². The van der Waals surface area contributed by atoms with Crippen molar-refractivity contribution in [3.05, 3.63) is 29.3 Å². The zero-order valence-corrected chi connectivity index (χ0v) is 10.7. The minimum atomic E-state index is -0.846. The van der Waals surface area contributed by atoms with Crippen molar-refractivity contribution in [1.82, 2.24) is 0 Å². The Morgan fingerprint density at radius 2 is 1.79 bits per heavy atom. The molecule has 0 aliphatic heterocycles. The SMILES string of the molecule is COC(=O)CCCC(=O)c1cc(F)c(OC)cc1F. The molecule has 0 aliphatic carbocycles. The highest BCUT2D eigenvalue weighted by Crippen LogP contribution is 2.22. The van der Waals surface area contributed by atoms with E-state index in [9.17, 15) is 18.4 Å². The average Bonchev–Trinajstić information content (AvgIpc) is 2.40. The molecule has 0 bridgehead atoms. The van der Waals surface area contributed by atoms with Crippen LogP contribution in [0.3, 0.4) is 0 Å². The van der Waals surface area contributed by atoms with Crippen molar-refractivity contribution in [3.8, 4) is 5.75 Å². The molecule has 0 saturated heterocycles. The van der Waals surface area contributed by atoms with E-state index in [2.05, 4.69) is 9.47 Å². The summed E-state index contributed by atoms with van der Waals surface area (Å²) in [6.45, 7) is 0. The van der Waals surface area contributed by atoms with Crippen molar-refractivity contribution < 1.29 is 27.8 Å². The number of Topliss-reactive ketones (excluding diaryl/α,β-unsaturated/α-hetero) is 1. The van der Waals surface area contributed by atoms with Crippen LogP contribution in [0.2, 0.25) is 0 Å². The number of rotatable bonds is 6. The maximum absolute atomic E-state index is 13.6. The largest absolute Gasteiger partial charge is 0.494 e. The van der Waals surface area contributed by atoms with Gasteiger partial charge in [-0.25, -0.2) is 8.78 Å². The Hall–Kier alpha value is -1.98. The van der Waals surface area contributed by atoms with E-state index in [1.807, 2.05) is 0 Å². The van der Waals surface area contributed by atoms with Crippen LogP contribution in [0.25, 0.3) is 0 Å². The normalized spacial score (nSPS) is 10.1. The van der Waals surface area contributed by atoms with Crippen LogP contribution in [0.15, 0.2) is 12.1 Å². The molecule has 1 rings (SSSR count). The van der Waals surface area contributed by atoms with E-state index in [1.54, 1.807) is 0 Å². The average molecular weight is 272 g/mol. The van der Waals surface area contributed by atoms with Crippen LogP contribution in [0.4, 0.5) is 8.78 Å². The first-order chi connectivity index (χ1) is 8.99. The van der Waals surface area contributed by atoms with Gasteiger partial charge in [0.05, 0.1) is 19.8 Å². The van der Waals surface area contributed by atoms with Crippen LogP contribution in [-0.4, -0.2) is 26.0 Å². The predicted molar refractivity (Wildman–Crippen MR) is 63.1 cm³/mol. The second-order valence-electron chi connectivity index (χ2n) is 3.82. The van der Waals surface area contributed by atoms with E-state index < -0.39 is 23.4 Å². The molecule has 0 aliphatic rings. The topological polar surface area (TPSA) is 52.6 Å². The molecule has 104 valence electrons. The van der Waals surface area contributed by atoms with Gasteiger partial charge in [-0.05, 0) is 12.5 Å². The Labute approximate surface area is 109 Å². The molecule has 0 heterocycles. The second kappa shape index (κ2) is 6.82. The van der Waals surface area contributed by atoms with E-state index in [-0.39, 0.29) is 30.6 Å². The molecular formula is C13H14F2O4. The first-order valence-corrected chi connectivity index (χ1v) is 5.62. The van der Waals surface area contributed by atoms with Crippen LogP contribution >= 0.6 is 0 Å². The fraction of sp³-hybridized carbons (Fsp3) is 0.385. The Balaban J connectivity index is 2.72. The zero-order chi connectivity index (χ0) is 14.4. The van der Waals surface area contributed by atoms with Crippen LogP contribution in [0, 0.1) is 11.6 Å². The van der Waals surface area contributed by atoms with Crippen LogP contribution in [0.1, 0.15) is 29.6 Å². The Morgan fingerprint density at radius 3 is 2.37 bits per heavy atom. The van der Waals surface area contributed by atoms with E-state index in [0.717, 1.165) is 12.1 Å². The molecule has 0 saturated carbocycles. The molecule has 0 radical (unpaired) electrons. The van der Waals surface area contributed by atoms with E-state index >= 15 is 0 Å². The number of ether oxygens (including phenoxy) is 2. The summed E-state index contributed by atoms with van der Waals surface area (Å²) in [6, 6.07) is 1.62. The summed E-state index contributed by atoms with van der Waals surface area (Å²) in [5, 5.41) is 0. The number of carbonyl (C=O) groups is 2. The fourth-order valence-electron chi connectivity index (χ4n) is 1.53. The molecule has 0 fully saturated rings. The molecule has 0 amide bonds. The van der Waals surface area contributed by atoms with Crippen molar-refractivity contribution in [3.63, 3.8) is 0 Å². The maximum Gasteiger partial charge on any atom is 0.305 e. The van der Waals surface area contributed by atoms with Gasteiger partial charge in [-0.3, -0.25) is 9.59 Å². The van der Waals surface area contributed by atoms with Gasteiger partial charge in [0.15, 0.2) is 17.3 Å². The first-order valence-electron chi connectivity index (χ1n) is 5.62. The van der Waals surface area contributed by atoms with Crippen molar-refractivity contribution in [2.75, 3.05) is 14.2 Å². The minimum Gasteiger partial charge on any atom is -0.494 e. The lowest BCUT2D eigenvalue weighted by atomic mass is 10.0. The lowest BCUT2D eigenvalue weighted by Gasteiger charge is -2.06. The summed E-state index contributed by atoms with van der Waals surface area (Å²) < 4.78 is 35.9.